The molecule has 0 saturated heterocycles. The number of unbranched alkanes of at least 4 members (excludes halogenated alkanes) is 1. The number of nitrogens with one attached hydrogen (secondary N) is 1. The maximum absolute atomic E-state index is 13.1. The van der Waals surface area contributed by atoms with Crippen molar-refractivity contribution in [1.29, 1.82) is 0 Å². The van der Waals surface area contributed by atoms with Gasteiger partial charge in [-0.1, -0.05) is 6.42 Å². The zero-order valence-corrected chi connectivity index (χ0v) is 19.3. The van der Waals surface area contributed by atoms with Crippen LogP contribution in [-0.2, 0) is 10.0 Å². The maximum Gasteiger partial charge on any atom is 0.412 e. The summed E-state index contributed by atoms with van der Waals surface area (Å²) >= 11 is 0. The molecule has 0 rings (SSSR count). The molecule has 0 spiro atoms. The van der Waals surface area contributed by atoms with Crippen LogP contribution in [0.3, 0.4) is 0 Å². The third-order valence-electron chi connectivity index (χ3n) is 5.01. The fourth-order valence-corrected chi connectivity index (χ4v) is 4.30. The van der Waals surface area contributed by atoms with Crippen molar-refractivity contribution in [2.75, 3.05) is 40.0 Å². The lowest BCUT2D eigenvalue weighted by molar-refractivity contribution is -0.870. The molecule has 0 heterocycles. The molecule has 0 bridgehead atoms. The van der Waals surface area contributed by atoms with Gasteiger partial charge in [-0.15, -0.1) is 0 Å². The molecule has 17 heteroatoms. The fraction of sp³-hybridized carbons (Fsp3) is 1.00. The molecule has 0 amide bonds. The largest absolute Gasteiger partial charge is 0.412 e. The summed E-state index contributed by atoms with van der Waals surface area (Å²) in [6.07, 6.45) is -33.1. The van der Waals surface area contributed by atoms with Crippen LogP contribution < -0.4 is 4.72 Å². The van der Waals surface area contributed by atoms with E-state index in [1.165, 1.54) is 0 Å². The molecule has 0 radical (unpaired) electrons. The molecule has 0 aromatic carbocycles. The molecule has 0 aliphatic rings. The molecule has 0 aromatic heterocycles. The minimum absolute atomic E-state index is 0.0195. The third kappa shape index (κ3) is 9.59. The van der Waals surface area contributed by atoms with Gasteiger partial charge in [-0.05, 0) is 19.3 Å². The molecular weight excluding hydrogens is 524 g/mol. The summed E-state index contributed by atoms with van der Waals surface area (Å²) in [5.41, 5.74) is -6.59. The summed E-state index contributed by atoms with van der Waals surface area (Å²) in [6, 6.07) is 0. The lowest BCUT2D eigenvalue weighted by Gasteiger charge is -2.40. The second-order valence-electron chi connectivity index (χ2n) is 8.92. The highest BCUT2D eigenvalue weighted by molar-refractivity contribution is 7.89. The van der Waals surface area contributed by atoms with Crippen LogP contribution in [-0.4, -0.2) is 77.6 Å². The summed E-state index contributed by atoms with van der Waals surface area (Å²) in [6.45, 7) is 0.545. The highest BCUT2D eigenvalue weighted by Crippen LogP contribution is 2.63. The van der Waals surface area contributed by atoms with Gasteiger partial charge in [0.25, 0.3) is 5.41 Å². The Morgan fingerprint density at radius 3 is 1.53 bits per heavy atom. The standard InChI is InChI=1S/C17H27F12N2O2S/c1-31(2,3)9-6-8-30-34(32,33)10-5-4-7-12(14(18,19)20)11-13(15(21,22)23,16(24,25)26)17(27,28)29/h12,30H,4-11H2,1-3H3/q+1. The molecule has 1 atom stereocenters. The Morgan fingerprint density at radius 1 is 0.735 bits per heavy atom. The van der Waals surface area contributed by atoms with Crippen molar-refractivity contribution in [1.82, 2.24) is 4.72 Å². The van der Waals surface area contributed by atoms with E-state index < -0.39 is 77.5 Å². The van der Waals surface area contributed by atoms with E-state index >= 15 is 0 Å². The van der Waals surface area contributed by atoms with E-state index in [2.05, 4.69) is 4.72 Å². The Hall–Kier alpha value is -0.970. The zero-order valence-electron chi connectivity index (χ0n) is 18.4. The molecule has 0 aromatic rings. The first-order valence-electron chi connectivity index (χ1n) is 9.81. The van der Waals surface area contributed by atoms with Crippen molar-refractivity contribution in [3.05, 3.63) is 0 Å². The number of quaternary nitrogens is 1. The zero-order chi connectivity index (χ0) is 27.4. The van der Waals surface area contributed by atoms with Crippen LogP contribution in [0.2, 0.25) is 0 Å². The Kier molecular flexibility index (Phi) is 10.7. The van der Waals surface area contributed by atoms with Gasteiger partial charge in [-0.25, -0.2) is 13.1 Å². The van der Waals surface area contributed by atoms with Crippen molar-refractivity contribution in [2.45, 2.75) is 56.8 Å². The van der Waals surface area contributed by atoms with Crippen LogP contribution in [0.4, 0.5) is 52.7 Å². The van der Waals surface area contributed by atoms with E-state index in [4.69, 9.17) is 0 Å². The smallest absolute Gasteiger partial charge is 0.331 e. The third-order valence-corrected chi connectivity index (χ3v) is 6.48. The maximum atomic E-state index is 13.1. The van der Waals surface area contributed by atoms with Crippen LogP contribution in [0.25, 0.3) is 0 Å². The van der Waals surface area contributed by atoms with E-state index in [-0.39, 0.29) is 6.54 Å². The monoisotopic (exact) mass is 551 g/mol. The topological polar surface area (TPSA) is 46.2 Å². The molecule has 34 heavy (non-hydrogen) atoms. The van der Waals surface area contributed by atoms with Gasteiger partial charge in [-0.3, -0.25) is 0 Å². The van der Waals surface area contributed by atoms with Gasteiger partial charge in [0.2, 0.25) is 10.0 Å². The van der Waals surface area contributed by atoms with E-state index in [0.29, 0.717) is 17.4 Å². The Morgan fingerprint density at radius 2 is 1.18 bits per heavy atom. The second-order valence-corrected chi connectivity index (χ2v) is 10.8. The molecule has 1 unspecified atom stereocenters. The summed E-state index contributed by atoms with van der Waals surface area (Å²) in [4.78, 5) is 0. The molecule has 1 N–H and O–H groups in total. The van der Waals surface area contributed by atoms with Gasteiger partial charge in [0.15, 0.2) is 0 Å². The van der Waals surface area contributed by atoms with Crippen LogP contribution >= 0.6 is 0 Å². The van der Waals surface area contributed by atoms with Crippen molar-refractivity contribution in [2.24, 2.45) is 11.3 Å². The predicted molar refractivity (Wildman–Crippen MR) is 97.9 cm³/mol. The van der Waals surface area contributed by atoms with Crippen molar-refractivity contribution in [3.8, 4) is 0 Å². The first-order valence-corrected chi connectivity index (χ1v) is 11.5. The molecule has 4 nitrogen and oxygen atoms in total. The molecule has 0 aliphatic carbocycles. The minimum Gasteiger partial charge on any atom is -0.331 e. The Bertz CT molecular complexity index is 698. The SMILES string of the molecule is C[N+](C)(C)CCCNS(=O)(=O)CCCCC(CC(C(F)(F)F)(C(F)(F)F)C(F)(F)F)C(F)(F)F. The number of rotatable bonds is 12. The highest BCUT2D eigenvalue weighted by Gasteiger charge is 2.84. The Labute approximate surface area is 189 Å². The van der Waals surface area contributed by atoms with Gasteiger partial charge in [0.05, 0.1) is 39.4 Å². The average Bonchev–Trinajstić information content (AvgIpc) is 2.52. The van der Waals surface area contributed by atoms with Gasteiger partial charge in [-0.2, -0.15) is 52.7 Å². The number of nitrogens with zero attached hydrogens (tertiary/aromatic N) is 1. The number of halogens is 12. The lowest BCUT2D eigenvalue weighted by Crippen LogP contribution is -2.61. The molecule has 0 saturated carbocycles. The van der Waals surface area contributed by atoms with E-state index in [1.807, 2.05) is 21.1 Å². The molecular formula is C17H27F12N2O2S+. The van der Waals surface area contributed by atoms with Gasteiger partial charge >= 0.3 is 24.7 Å². The van der Waals surface area contributed by atoms with Crippen molar-refractivity contribution in [3.63, 3.8) is 0 Å². The van der Waals surface area contributed by atoms with Crippen LogP contribution in [0, 0.1) is 11.3 Å². The lowest BCUT2D eigenvalue weighted by atomic mass is 9.75. The van der Waals surface area contributed by atoms with Crippen LogP contribution in [0.5, 0.6) is 0 Å². The average molecular weight is 551 g/mol. The summed E-state index contributed by atoms with van der Waals surface area (Å²) in [5, 5.41) is 0. The summed E-state index contributed by atoms with van der Waals surface area (Å²) in [7, 11) is 1.47. The van der Waals surface area contributed by atoms with E-state index in [1.54, 1.807) is 0 Å². The first kappa shape index (κ1) is 33.0. The first-order chi connectivity index (χ1) is 14.8. The van der Waals surface area contributed by atoms with E-state index in [0.717, 1.165) is 0 Å². The van der Waals surface area contributed by atoms with Gasteiger partial charge < -0.3 is 4.48 Å². The van der Waals surface area contributed by atoms with E-state index in [9.17, 15) is 61.1 Å². The normalized spacial score (nSPS) is 16.1. The predicted octanol–water partition coefficient (Wildman–Crippen LogP) is 5.41. The Balaban J connectivity index is 5.38. The highest BCUT2D eigenvalue weighted by atomic mass is 32.2. The van der Waals surface area contributed by atoms with Gasteiger partial charge in [0.1, 0.15) is 0 Å². The molecule has 0 fully saturated rings. The van der Waals surface area contributed by atoms with Gasteiger partial charge in [0, 0.05) is 13.0 Å². The quantitative estimate of drug-likeness (QED) is 0.200. The van der Waals surface area contributed by atoms with Crippen molar-refractivity contribution < 1.29 is 65.6 Å². The van der Waals surface area contributed by atoms with Crippen molar-refractivity contribution >= 4 is 10.0 Å². The summed E-state index contributed by atoms with van der Waals surface area (Å²) in [5.74, 6) is -4.43. The number of sulfonamides is 1. The number of hydrogen-bond acceptors (Lipinski definition) is 2. The second kappa shape index (κ2) is 11.0. The number of alkyl halides is 12. The molecule has 0 aliphatic heterocycles. The summed E-state index contributed by atoms with van der Waals surface area (Å²) < 4.78 is 183. The molecule has 206 valence electrons. The number of hydrogen-bond donors (Lipinski definition) is 1. The fourth-order valence-electron chi connectivity index (χ4n) is 3.12. The van der Waals surface area contributed by atoms with Crippen LogP contribution in [0.1, 0.15) is 32.1 Å². The minimum atomic E-state index is -7.11. The van der Waals surface area contributed by atoms with Crippen LogP contribution in [0.15, 0.2) is 0 Å².